The highest BCUT2D eigenvalue weighted by molar-refractivity contribution is 5.85. The van der Waals surface area contributed by atoms with E-state index in [4.69, 9.17) is 5.11 Å². The van der Waals surface area contributed by atoms with Crippen molar-refractivity contribution >= 4 is 12.0 Å². The van der Waals surface area contributed by atoms with Crippen LogP contribution in [0.25, 0.3) is 6.08 Å². The molecule has 1 saturated heterocycles. The summed E-state index contributed by atoms with van der Waals surface area (Å²) in [5, 5.41) is 8.75. The first-order valence-corrected chi connectivity index (χ1v) is 6.98. The molecule has 1 N–H and O–H groups in total. The Bertz CT molecular complexity index is 499. The zero-order valence-electron chi connectivity index (χ0n) is 12.1. The van der Waals surface area contributed by atoms with Crippen molar-refractivity contribution in [2.24, 2.45) is 0 Å². The molecule has 4 nitrogen and oxygen atoms in total. The van der Waals surface area contributed by atoms with Gasteiger partial charge in [-0.3, -0.25) is 4.90 Å². The van der Waals surface area contributed by atoms with Crippen LogP contribution < -0.4 is 0 Å². The fourth-order valence-electron chi connectivity index (χ4n) is 2.51. The molecule has 0 radical (unpaired) electrons. The molecule has 1 aromatic rings. The second-order valence-corrected chi connectivity index (χ2v) is 5.44. The lowest BCUT2D eigenvalue weighted by Crippen LogP contribution is -2.49. The van der Waals surface area contributed by atoms with E-state index < -0.39 is 5.97 Å². The third-order valence-corrected chi connectivity index (χ3v) is 3.90. The van der Waals surface area contributed by atoms with Crippen LogP contribution in [0.3, 0.4) is 0 Å². The summed E-state index contributed by atoms with van der Waals surface area (Å²) >= 11 is 0. The highest BCUT2D eigenvalue weighted by Crippen LogP contribution is 2.16. The van der Waals surface area contributed by atoms with Crippen molar-refractivity contribution < 1.29 is 9.90 Å². The summed E-state index contributed by atoms with van der Waals surface area (Å²) in [6, 6.07) is 8.55. The Balaban J connectivity index is 2.07. The van der Waals surface area contributed by atoms with E-state index in [1.807, 2.05) is 18.2 Å². The Kier molecular flexibility index (Phi) is 4.93. The van der Waals surface area contributed by atoms with Gasteiger partial charge in [-0.2, -0.15) is 0 Å². The number of aliphatic carboxylic acids is 1. The van der Waals surface area contributed by atoms with Crippen LogP contribution in [0, 0.1) is 0 Å². The van der Waals surface area contributed by atoms with Gasteiger partial charge in [-0.15, -0.1) is 0 Å². The van der Waals surface area contributed by atoms with Crippen molar-refractivity contribution in [3.8, 4) is 0 Å². The minimum absolute atomic E-state index is 0.561. The molecule has 4 heteroatoms. The SMILES string of the molecule is CC1CN(Cc2ccccc2C=CC(=O)O)CCN1C. The Morgan fingerprint density at radius 2 is 2.15 bits per heavy atom. The van der Waals surface area contributed by atoms with Crippen molar-refractivity contribution in [1.82, 2.24) is 9.80 Å². The van der Waals surface area contributed by atoms with Crippen LogP contribution in [0.4, 0.5) is 0 Å². The maximum absolute atomic E-state index is 10.7. The van der Waals surface area contributed by atoms with E-state index in [2.05, 4.69) is 29.8 Å². The lowest BCUT2D eigenvalue weighted by Gasteiger charge is -2.37. The number of nitrogens with zero attached hydrogens (tertiary/aromatic N) is 2. The number of hydrogen-bond donors (Lipinski definition) is 1. The lowest BCUT2D eigenvalue weighted by molar-refractivity contribution is -0.131. The first-order chi connectivity index (χ1) is 9.56. The molecule has 20 heavy (non-hydrogen) atoms. The number of carboxylic acids is 1. The molecule has 0 aromatic heterocycles. The predicted molar refractivity (Wildman–Crippen MR) is 80.5 cm³/mol. The first kappa shape index (κ1) is 14.8. The summed E-state index contributed by atoms with van der Waals surface area (Å²) in [6.45, 7) is 6.29. The van der Waals surface area contributed by atoms with Crippen LogP contribution in [0.5, 0.6) is 0 Å². The summed E-state index contributed by atoms with van der Waals surface area (Å²) in [6.07, 6.45) is 2.88. The lowest BCUT2D eigenvalue weighted by atomic mass is 10.1. The number of likely N-dealkylation sites (N-methyl/N-ethyl adjacent to an activating group) is 1. The standard InChI is InChI=1S/C16H22N2O2/c1-13-11-18(10-9-17(13)2)12-15-6-4-3-5-14(15)7-8-16(19)20/h3-8,13H,9-12H2,1-2H3,(H,19,20). The summed E-state index contributed by atoms with van der Waals surface area (Å²) in [5.41, 5.74) is 2.17. The normalized spacial score (nSPS) is 21.4. The number of carboxylic acid groups (broad SMARTS) is 1. The Labute approximate surface area is 120 Å². The summed E-state index contributed by atoms with van der Waals surface area (Å²) in [7, 11) is 2.16. The van der Waals surface area contributed by atoms with Gasteiger partial charge in [-0.05, 0) is 31.2 Å². The number of hydrogen-bond acceptors (Lipinski definition) is 3. The number of benzene rings is 1. The molecule has 0 amide bonds. The molecule has 1 aromatic carbocycles. The minimum Gasteiger partial charge on any atom is -0.478 e. The molecule has 1 aliphatic rings. The van der Waals surface area contributed by atoms with Crippen LogP contribution in [-0.2, 0) is 11.3 Å². The van der Waals surface area contributed by atoms with Crippen LogP contribution in [0.1, 0.15) is 18.1 Å². The van der Waals surface area contributed by atoms with Gasteiger partial charge in [0.05, 0.1) is 0 Å². The van der Waals surface area contributed by atoms with E-state index >= 15 is 0 Å². The second-order valence-electron chi connectivity index (χ2n) is 5.44. The van der Waals surface area contributed by atoms with Crippen LogP contribution in [-0.4, -0.2) is 53.6 Å². The van der Waals surface area contributed by atoms with Gasteiger partial charge in [0.25, 0.3) is 0 Å². The largest absolute Gasteiger partial charge is 0.478 e. The summed E-state index contributed by atoms with van der Waals surface area (Å²) in [4.78, 5) is 15.4. The molecule has 1 fully saturated rings. The molecule has 1 heterocycles. The Morgan fingerprint density at radius 1 is 1.40 bits per heavy atom. The van der Waals surface area contributed by atoms with E-state index in [0.29, 0.717) is 6.04 Å². The van der Waals surface area contributed by atoms with Gasteiger partial charge in [0.2, 0.25) is 0 Å². The van der Waals surface area contributed by atoms with Gasteiger partial charge in [0, 0.05) is 38.3 Å². The third-order valence-electron chi connectivity index (χ3n) is 3.90. The van der Waals surface area contributed by atoms with Crippen LogP contribution >= 0.6 is 0 Å². The minimum atomic E-state index is -0.909. The van der Waals surface area contributed by atoms with Gasteiger partial charge in [-0.25, -0.2) is 4.79 Å². The Morgan fingerprint density at radius 3 is 2.85 bits per heavy atom. The molecule has 0 aliphatic carbocycles. The average Bonchev–Trinajstić information content (AvgIpc) is 2.42. The fourth-order valence-corrected chi connectivity index (χ4v) is 2.51. The molecule has 1 aliphatic heterocycles. The van der Waals surface area contributed by atoms with E-state index in [1.54, 1.807) is 6.08 Å². The molecule has 108 valence electrons. The first-order valence-electron chi connectivity index (χ1n) is 6.98. The van der Waals surface area contributed by atoms with Crippen molar-refractivity contribution in [2.75, 3.05) is 26.7 Å². The van der Waals surface area contributed by atoms with Crippen molar-refractivity contribution in [3.05, 3.63) is 41.5 Å². The topological polar surface area (TPSA) is 43.8 Å². The highest BCUT2D eigenvalue weighted by Gasteiger charge is 2.20. The van der Waals surface area contributed by atoms with E-state index in [1.165, 1.54) is 11.6 Å². The molecule has 1 atom stereocenters. The number of piperazine rings is 1. The van der Waals surface area contributed by atoms with Crippen molar-refractivity contribution in [3.63, 3.8) is 0 Å². The van der Waals surface area contributed by atoms with E-state index in [9.17, 15) is 4.79 Å². The van der Waals surface area contributed by atoms with E-state index in [-0.39, 0.29) is 0 Å². The van der Waals surface area contributed by atoms with E-state index in [0.717, 1.165) is 31.7 Å². The van der Waals surface area contributed by atoms with Gasteiger partial charge in [0.15, 0.2) is 0 Å². The molecule has 0 spiro atoms. The predicted octanol–water partition coefficient (Wildman–Crippen LogP) is 1.92. The molecule has 2 rings (SSSR count). The maximum atomic E-state index is 10.7. The molecule has 1 unspecified atom stereocenters. The third kappa shape index (κ3) is 3.92. The maximum Gasteiger partial charge on any atom is 0.328 e. The average molecular weight is 274 g/mol. The highest BCUT2D eigenvalue weighted by atomic mass is 16.4. The zero-order valence-corrected chi connectivity index (χ0v) is 12.1. The summed E-state index contributed by atoms with van der Waals surface area (Å²) in [5.74, 6) is -0.909. The van der Waals surface area contributed by atoms with Crippen molar-refractivity contribution in [1.29, 1.82) is 0 Å². The molecule has 0 bridgehead atoms. The molecular weight excluding hydrogens is 252 g/mol. The monoisotopic (exact) mass is 274 g/mol. The van der Waals surface area contributed by atoms with Crippen LogP contribution in [0.2, 0.25) is 0 Å². The second kappa shape index (κ2) is 6.68. The fraction of sp³-hybridized carbons (Fsp3) is 0.438. The van der Waals surface area contributed by atoms with Gasteiger partial charge in [0.1, 0.15) is 0 Å². The molecule has 0 saturated carbocycles. The van der Waals surface area contributed by atoms with Gasteiger partial charge in [-0.1, -0.05) is 24.3 Å². The number of rotatable bonds is 4. The van der Waals surface area contributed by atoms with Crippen LogP contribution in [0.15, 0.2) is 30.3 Å². The Hall–Kier alpha value is -1.65. The summed E-state index contributed by atoms with van der Waals surface area (Å²) < 4.78 is 0. The quantitative estimate of drug-likeness (QED) is 0.852. The van der Waals surface area contributed by atoms with Gasteiger partial charge >= 0.3 is 5.97 Å². The van der Waals surface area contributed by atoms with Gasteiger partial charge < -0.3 is 10.0 Å². The molecular formula is C16H22N2O2. The smallest absolute Gasteiger partial charge is 0.328 e. The number of carbonyl (C=O) groups is 1. The van der Waals surface area contributed by atoms with Crippen molar-refractivity contribution in [2.45, 2.75) is 19.5 Å². The zero-order chi connectivity index (χ0) is 14.5.